The summed E-state index contributed by atoms with van der Waals surface area (Å²) >= 11 is 0. The van der Waals surface area contributed by atoms with Crippen LogP contribution in [0.2, 0.25) is 0 Å². The Morgan fingerprint density at radius 3 is 2.81 bits per heavy atom. The molecule has 0 radical (unpaired) electrons. The summed E-state index contributed by atoms with van der Waals surface area (Å²) in [6.45, 7) is 4.53. The van der Waals surface area contributed by atoms with Crippen LogP contribution in [0.3, 0.4) is 0 Å². The van der Waals surface area contributed by atoms with Gasteiger partial charge in [0.2, 0.25) is 0 Å². The smallest absolute Gasteiger partial charge is 0.178 e. The lowest BCUT2D eigenvalue weighted by Crippen LogP contribution is -2.52. The van der Waals surface area contributed by atoms with Crippen LogP contribution < -0.4 is 0 Å². The molecule has 0 amide bonds. The molecule has 0 spiro atoms. The number of ketones is 2. The maximum absolute atomic E-state index is 13.0. The first-order valence-corrected chi connectivity index (χ1v) is 8.41. The van der Waals surface area contributed by atoms with Gasteiger partial charge in [0.15, 0.2) is 5.78 Å². The lowest BCUT2D eigenvalue weighted by Gasteiger charge is -2.55. The fourth-order valence-electron chi connectivity index (χ4n) is 6.04. The van der Waals surface area contributed by atoms with Gasteiger partial charge in [0.05, 0.1) is 0 Å². The molecule has 3 fully saturated rings. The van der Waals surface area contributed by atoms with Crippen LogP contribution in [-0.4, -0.2) is 11.6 Å². The van der Waals surface area contributed by atoms with E-state index in [9.17, 15) is 9.59 Å². The largest absolute Gasteiger partial charge is 0.299 e. The Labute approximate surface area is 126 Å². The van der Waals surface area contributed by atoms with Crippen LogP contribution in [0.4, 0.5) is 0 Å². The Morgan fingerprint density at radius 2 is 2.00 bits per heavy atom. The zero-order valence-electron chi connectivity index (χ0n) is 13.0. The highest BCUT2D eigenvalue weighted by Gasteiger charge is 2.58. The minimum absolute atomic E-state index is 0.0925. The van der Waals surface area contributed by atoms with E-state index < -0.39 is 0 Å². The monoisotopic (exact) mass is 284 g/mol. The summed E-state index contributed by atoms with van der Waals surface area (Å²) in [7, 11) is 0. The number of hydrogen-bond donors (Lipinski definition) is 0. The van der Waals surface area contributed by atoms with Crippen LogP contribution in [0.1, 0.15) is 52.4 Å². The molecule has 5 atom stereocenters. The fraction of sp³-hybridized carbons (Fsp3) is 0.684. The summed E-state index contributed by atoms with van der Waals surface area (Å²) in [6.07, 6.45) is 12.2. The first-order chi connectivity index (χ1) is 9.94. The van der Waals surface area contributed by atoms with Crippen molar-refractivity contribution in [2.75, 3.05) is 0 Å². The second-order valence-corrected chi connectivity index (χ2v) is 8.16. The van der Waals surface area contributed by atoms with Gasteiger partial charge in [0.1, 0.15) is 5.78 Å². The molecular formula is C19H24O2. The number of rotatable bonds is 0. The van der Waals surface area contributed by atoms with Crippen LogP contribution in [0.25, 0.3) is 0 Å². The molecular weight excluding hydrogens is 260 g/mol. The summed E-state index contributed by atoms with van der Waals surface area (Å²) in [6, 6.07) is 0. The summed E-state index contributed by atoms with van der Waals surface area (Å²) in [4.78, 5) is 24.7. The van der Waals surface area contributed by atoms with E-state index >= 15 is 0 Å². The molecule has 0 saturated heterocycles. The van der Waals surface area contributed by atoms with Gasteiger partial charge in [0.25, 0.3) is 0 Å². The molecule has 5 unspecified atom stereocenters. The summed E-state index contributed by atoms with van der Waals surface area (Å²) < 4.78 is 0. The van der Waals surface area contributed by atoms with Crippen LogP contribution in [0.5, 0.6) is 0 Å². The van der Waals surface area contributed by atoms with E-state index in [0.717, 1.165) is 19.3 Å². The van der Waals surface area contributed by atoms with Crippen molar-refractivity contribution in [3.05, 3.63) is 23.8 Å². The maximum Gasteiger partial charge on any atom is 0.178 e. The number of carbonyl (C=O) groups excluding carboxylic acids is 2. The third-order valence-electron chi connectivity index (χ3n) is 7.02. The third kappa shape index (κ3) is 1.71. The third-order valence-corrected chi connectivity index (χ3v) is 7.02. The minimum atomic E-state index is -0.197. The second kappa shape index (κ2) is 4.18. The van der Waals surface area contributed by atoms with Crippen molar-refractivity contribution in [3.8, 4) is 0 Å². The van der Waals surface area contributed by atoms with E-state index in [-0.39, 0.29) is 22.5 Å². The van der Waals surface area contributed by atoms with Gasteiger partial charge in [-0.1, -0.05) is 31.9 Å². The summed E-state index contributed by atoms with van der Waals surface area (Å²) in [5.74, 6) is 1.89. The standard InChI is InChI=1S/C19H24O2/c1-18-8-3-4-15(18)14-6-5-12-10-13(20)7-9-19(12,2)17(14)16(21)11-18/h7,9-10,14-15,17H,3-6,8,11H2,1-2H3. The zero-order valence-corrected chi connectivity index (χ0v) is 13.0. The van der Waals surface area contributed by atoms with E-state index in [4.69, 9.17) is 0 Å². The van der Waals surface area contributed by atoms with Gasteiger partial charge in [-0.05, 0) is 55.1 Å². The lowest BCUT2D eigenvalue weighted by molar-refractivity contribution is -0.140. The predicted molar refractivity (Wildman–Crippen MR) is 81.6 cm³/mol. The van der Waals surface area contributed by atoms with Crippen LogP contribution >= 0.6 is 0 Å². The van der Waals surface area contributed by atoms with E-state index in [0.29, 0.717) is 17.6 Å². The second-order valence-electron chi connectivity index (χ2n) is 8.16. The normalized spacial score (nSPS) is 48.5. The highest BCUT2D eigenvalue weighted by molar-refractivity contribution is 6.01. The molecule has 3 saturated carbocycles. The summed E-state index contributed by atoms with van der Waals surface area (Å²) in [5.41, 5.74) is 1.26. The molecule has 0 bridgehead atoms. The molecule has 0 heterocycles. The molecule has 0 aromatic carbocycles. The first-order valence-electron chi connectivity index (χ1n) is 8.41. The van der Waals surface area contributed by atoms with Gasteiger partial charge < -0.3 is 0 Å². The molecule has 4 aliphatic rings. The molecule has 0 N–H and O–H groups in total. The number of hydrogen-bond acceptors (Lipinski definition) is 2. The molecule has 2 nitrogen and oxygen atoms in total. The first kappa shape index (κ1) is 13.5. The van der Waals surface area contributed by atoms with Crippen molar-refractivity contribution in [1.29, 1.82) is 0 Å². The Bertz CT molecular complexity index is 584. The average molecular weight is 284 g/mol. The van der Waals surface area contributed by atoms with Crippen LogP contribution in [0, 0.1) is 28.6 Å². The van der Waals surface area contributed by atoms with Crippen molar-refractivity contribution >= 4 is 11.6 Å². The number of fused-ring (bicyclic) bond motifs is 5. The van der Waals surface area contributed by atoms with Gasteiger partial charge in [-0.2, -0.15) is 0 Å². The highest BCUT2D eigenvalue weighted by atomic mass is 16.1. The van der Waals surface area contributed by atoms with Gasteiger partial charge in [-0.25, -0.2) is 0 Å². The predicted octanol–water partition coefficient (Wildman–Crippen LogP) is 3.86. The van der Waals surface area contributed by atoms with E-state index in [1.54, 1.807) is 12.2 Å². The topological polar surface area (TPSA) is 34.1 Å². The number of Topliss-reactive ketones (excluding diaryl/α,β-unsaturated/α-hetero) is 1. The van der Waals surface area contributed by atoms with Crippen molar-refractivity contribution in [1.82, 2.24) is 0 Å². The Morgan fingerprint density at radius 1 is 1.19 bits per heavy atom. The zero-order chi connectivity index (χ0) is 14.8. The summed E-state index contributed by atoms with van der Waals surface area (Å²) in [5, 5.41) is 0. The molecule has 112 valence electrons. The Kier molecular flexibility index (Phi) is 2.68. The van der Waals surface area contributed by atoms with Gasteiger partial charge >= 0.3 is 0 Å². The Balaban J connectivity index is 1.78. The molecule has 21 heavy (non-hydrogen) atoms. The highest BCUT2D eigenvalue weighted by Crippen LogP contribution is 2.63. The fourth-order valence-corrected chi connectivity index (χ4v) is 6.04. The van der Waals surface area contributed by atoms with E-state index in [2.05, 4.69) is 13.8 Å². The number of allylic oxidation sites excluding steroid dienone is 4. The molecule has 4 rings (SSSR count). The molecule has 0 aliphatic heterocycles. The maximum atomic E-state index is 13.0. The van der Waals surface area contributed by atoms with Crippen LogP contribution in [0.15, 0.2) is 23.8 Å². The van der Waals surface area contributed by atoms with Gasteiger partial charge in [-0.15, -0.1) is 0 Å². The van der Waals surface area contributed by atoms with Crippen molar-refractivity contribution in [3.63, 3.8) is 0 Å². The van der Waals surface area contributed by atoms with E-state index in [1.807, 2.05) is 6.08 Å². The average Bonchev–Trinajstić information content (AvgIpc) is 2.80. The van der Waals surface area contributed by atoms with Crippen molar-refractivity contribution < 1.29 is 9.59 Å². The quantitative estimate of drug-likeness (QED) is 0.677. The van der Waals surface area contributed by atoms with Gasteiger partial charge in [-0.3, -0.25) is 9.59 Å². The molecule has 2 heteroatoms. The molecule has 4 aliphatic carbocycles. The minimum Gasteiger partial charge on any atom is -0.299 e. The number of carbonyl (C=O) groups is 2. The Hall–Kier alpha value is -1.18. The van der Waals surface area contributed by atoms with Crippen molar-refractivity contribution in [2.24, 2.45) is 28.6 Å². The molecule has 0 aromatic heterocycles. The lowest BCUT2D eigenvalue weighted by atomic mass is 9.48. The SMILES string of the molecule is CC12CCCC1C1CCC3=CC(=O)C=CC3(C)C1C(=O)C2. The van der Waals surface area contributed by atoms with Crippen molar-refractivity contribution in [2.45, 2.75) is 52.4 Å². The molecule has 0 aromatic rings. The van der Waals surface area contributed by atoms with Gasteiger partial charge in [0, 0.05) is 17.8 Å². The van der Waals surface area contributed by atoms with E-state index in [1.165, 1.54) is 24.8 Å². The van der Waals surface area contributed by atoms with Crippen LogP contribution in [-0.2, 0) is 9.59 Å².